The van der Waals surface area contributed by atoms with Crippen LogP contribution in [0.4, 0.5) is 0 Å². The van der Waals surface area contributed by atoms with Crippen molar-refractivity contribution in [3.63, 3.8) is 0 Å². The molecule has 0 saturated carbocycles. The molecule has 3 N–H and O–H groups in total. The van der Waals surface area contributed by atoms with Crippen molar-refractivity contribution in [3.8, 4) is 0 Å². The maximum atomic E-state index is 13.4. The molecule has 0 bridgehead atoms. The highest BCUT2D eigenvalue weighted by Crippen LogP contribution is 2.26. The molecule has 0 unspecified atom stereocenters. The van der Waals surface area contributed by atoms with Crippen LogP contribution in [0, 0.1) is 0 Å². The van der Waals surface area contributed by atoms with Gasteiger partial charge in [0.25, 0.3) is 5.91 Å². The Bertz CT molecular complexity index is 1180. The number of rotatable bonds is 8. The lowest BCUT2D eigenvalue weighted by Crippen LogP contribution is -2.64. The molecule has 3 rings (SSSR count). The average Bonchev–Trinajstić information content (AvgIpc) is 2.97. The van der Waals surface area contributed by atoms with Crippen molar-refractivity contribution in [3.05, 3.63) is 33.8 Å². The highest BCUT2D eigenvalue weighted by molar-refractivity contribution is 6.39. The Morgan fingerprint density at radius 2 is 1.77 bits per heavy atom. The van der Waals surface area contributed by atoms with Crippen molar-refractivity contribution in [2.45, 2.75) is 76.6 Å². The topological polar surface area (TPSA) is 165 Å². The second-order valence-corrected chi connectivity index (χ2v) is 11.3. The van der Waals surface area contributed by atoms with Gasteiger partial charge < -0.3 is 20.5 Å². The number of hydrazine groups is 1. The lowest BCUT2D eigenvalue weighted by molar-refractivity contribution is -0.176. The summed E-state index contributed by atoms with van der Waals surface area (Å²) in [5.74, 6) is -4.30. The summed E-state index contributed by atoms with van der Waals surface area (Å²) in [6, 6.07) is 0.780. The molecule has 1 aromatic rings. The van der Waals surface area contributed by atoms with Crippen LogP contribution >= 0.6 is 23.2 Å². The van der Waals surface area contributed by atoms with E-state index in [-0.39, 0.29) is 47.3 Å². The number of Topliss-reactive ketones (excluding diaryl/α,β-unsaturated/α-hetero) is 1. The number of fused-ring (bicyclic) bond motifs is 1. The van der Waals surface area contributed by atoms with Crippen LogP contribution in [0.1, 0.15) is 63.2 Å². The number of carbonyl (C=O) groups is 6. The summed E-state index contributed by atoms with van der Waals surface area (Å²) in [6.45, 7) is 4.32. The molecule has 0 aromatic heterocycles. The van der Waals surface area contributed by atoms with E-state index in [9.17, 15) is 28.8 Å². The Morgan fingerprint density at radius 3 is 2.40 bits per heavy atom. The Hall–Kier alpha value is -3.22. The zero-order valence-electron chi connectivity index (χ0n) is 22.4. The van der Waals surface area contributed by atoms with Crippen molar-refractivity contribution in [2.24, 2.45) is 5.73 Å². The Balaban J connectivity index is 1.79. The van der Waals surface area contributed by atoms with Gasteiger partial charge in [-0.15, -0.1) is 0 Å². The van der Waals surface area contributed by atoms with Crippen LogP contribution in [0.15, 0.2) is 18.2 Å². The maximum Gasteiger partial charge on any atom is 0.341 e. The molecule has 3 atom stereocenters. The van der Waals surface area contributed by atoms with E-state index in [1.54, 1.807) is 20.8 Å². The SMILES string of the molecule is CC(C)(C)OC(=O)C[C@H](NC(=O)[C@@H]1CCCN2C(=O)CC[C@H](N)C(=O)N12)C(=O)COC(=O)c1c(Cl)cccc1Cl. The number of hydrogen-bond acceptors (Lipinski definition) is 9. The molecule has 40 heavy (non-hydrogen) atoms. The number of nitrogens with zero attached hydrogens (tertiary/aromatic N) is 2. The minimum absolute atomic E-state index is 0.0141. The van der Waals surface area contributed by atoms with E-state index in [2.05, 4.69) is 5.32 Å². The number of ether oxygens (including phenoxy) is 2. The molecule has 2 heterocycles. The van der Waals surface area contributed by atoms with E-state index in [0.717, 1.165) is 5.01 Å². The Kier molecular flexibility index (Phi) is 10.1. The maximum absolute atomic E-state index is 13.4. The summed E-state index contributed by atoms with van der Waals surface area (Å²) in [4.78, 5) is 77.3. The van der Waals surface area contributed by atoms with E-state index >= 15 is 0 Å². The minimum Gasteiger partial charge on any atom is -0.460 e. The third kappa shape index (κ3) is 7.70. The molecule has 218 valence electrons. The van der Waals surface area contributed by atoms with E-state index in [1.165, 1.54) is 23.2 Å². The van der Waals surface area contributed by atoms with Crippen LogP contribution in [-0.4, -0.2) is 82.3 Å². The number of hydrogen-bond donors (Lipinski definition) is 2. The van der Waals surface area contributed by atoms with Crippen molar-refractivity contribution >= 4 is 58.6 Å². The van der Waals surface area contributed by atoms with Gasteiger partial charge in [0.05, 0.1) is 28.1 Å². The van der Waals surface area contributed by atoms with Crippen molar-refractivity contribution in [1.29, 1.82) is 0 Å². The summed E-state index contributed by atoms with van der Waals surface area (Å²) in [5, 5.41) is 4.78. The predicted molar refractivity (Wildman–Crippen MR) is 143 cm³/mol. The van der Waals surface area contributed by atoms with Crippen LogP contribution in [0.3, 0.4) is 0 Å². The molecule has 2 aliphatic rings. The number of amides is 3. The normalized spacial score (nSPS) is 20.2. The summed E-state index contributed by atoms with van der Waals surface area (Å²) < 4.78 is 10.4. The Morgan fingerprint density at radius 1 is 1.12 bits per heavy atom. The quantitative estimate of drug-likeness (QED) is 0.424. The van der Waals surface area contributed by atoms with E-state index < -0.39 is 66.3 Å². The predicted octanol–water partition coefficient (Wildman–Crippen LogP) is 1.79. The third-order valence-corrected chi connectivity index (χ3v) is 6.84. The van der Waals surface area contributed by atoms with Gasteiger partial charge in [0.15, 0.2) is 12.4 Å². The first-order valence-corrected chi connectivity index (χ1v) is 13.5. The monoisotopic (exact) mass is 598 g/mol. The molecule has 0 aliphatic carbocycles. The van der Waals surface area contributed by atoms with Crippen molar-refractivity contribution < 1.29 is 38.2 Å². The fraction of sp³-hybridized carbons (Fsp3) is 0.538. The van der Waals surface area contributed by atoms with E-state index in [0.29, 0.717) is 6.42 Å². The molecular weight excluding hydrogens is 567 g/mol. The number of halogens is 2. The summed E-state index contributed by atoms with van der Waals surface area (Å²) >= 11 is 12.1. The van der Waals surface area contributed by atoms with Gasteiger partial charge >= 0.3 is 11.9 Å². The van der Waals surface area contributed by atoms with Crippen LogP contribution in [-0.2, 0) is 33.4 Å². The number of esters is 2. The second kappa shape index (κ2) is 13.0. The van der Waals surface area contributed by atoms with Crippen molar-refractivity contribution in [2.75, 3.05) is 13.2 Å². The number of nitrogens with two attached hydrogens (primary N) is 1. The first-order chi connectivity index (χ1) is 18.7. The van der Waals surface area contributed by atoms with Crippen LogP contribution in [0.2, 0.25) is 10.0 Å². The first-order valence-electron chi connectivity index (χ1n) is 12.7. The van der Waals surface area contributed by atoms with Gasteiger partial charge in [-0.25, -0.2) is 9.80 Å². The molecular formula is C26H32Cl2N4O8. The molecule has 3 amide bonds. The average molecular weight is 599 g/mol. The molecule has 12 nitrogen and oxygen atoms in total. The first kappa shape index (κ1) is 31.3. The molecule has 2 aliphatic heterocycles. The van der Waals surface area contributed by atoms with Gasteiger partial charge in [-0.05, 0) is 52.2 Å². The number of nitrogens with one attached hydrogen (secondary N) is 1. The minimum atomic E-state index is -1.47. The molecule has 2 saturated heterocycles. The smallest absolute Gasteiger partial charge is 0.341 e. The second-order valence-electron chi connectivity index (χ2n) is 10.5. The molecule has 1 aromatic carbocycles. The third-order valence-electron chi connectivity index (χ3n) is 6.21. The lowest BCUT2D eigenvalue weighted by Gasteiger charge is -2.43. The van der Waals surface area contributed by atoms with Crippen molar-refractivity contribution in [1.82, 2.24) is 15.3 Å². The lowest BCUT2D eigenvalue weighted by atomic mass is 10.0. The number of benzene rings is 1. The molecule has 0 spiro atoms. The van der Waals surface area contributed by atoms with Gasteiger partial charge in [0.2, 0.25) is 11.8 Å². The van der Waals surface area contributed by atoms with Gasteiger partial charge in [0.1, 0.15) is 17.7 Å². The fourth-order valence-corrected chi connectivity index (χ4v) is 4.91. The zero-order valence-corrected chi connectivity index (χ0v) is 23.9. The van der Waals surface area contributed by atoms with Crippen LogP contribution in [0.5, 0.6) is 0 Å². The summed E-state index contributed by atoms with van der Waals surface area (Å²) in [5.41, 5.74) is 4.92. The molecule has 0 radical (unpaired) electrons. The zero-order chi connectivity index (χ0) is 29.8. The standard InChI is InChI=1S/C26H32Cl2N4O8/c1-26(2,3)40-21(35)12-17(19(33)13-39-25(38)22-14(27)6-4-7-15(22)28)30-23(36)18-8-5-11-31-20(34)10-9-16(29)24(37)32(18)31/h4,6-7,16-18H,5,8-13,29H2,1-3H3,(H,30,36)/t16-,17-,18-/m0/s1. The number of ketones is 1. The van der Waals surface area contributed by atoms with Crippen LogP contribution < -0.4 is 11.1 Å². The van der Waals surface area contributed by atoms with Gasteiger partial charge in [-0.2, -0.15) is 0 Å². The van der Waals surface area contributed by atoms with Gasteiger partial charge in [-0.1, -0.05) is 29.3 Å². The molecule has 14 heteroatoms. The number of carbonyl (C=O) groups excluding carboxylic acids is 6. The highest BCUT2D eigenvalue weighted by atomic mass is 35.5. The van der Waals surface area contributed by atoms with E-state index in [4.69, 9.17) is 38.4 Å². The summed E-state index contributed by atoms with van der Waals surface area (Å²) in [6.07, 6.45) is 0.234. The largest absolute Gasteiger partial charge is 0.460 e. The van der Waals surface area contributed by atoms with E-state index in [1.807, 2.05) is 0 Å². The Labute approximate surface area is 241 Å². The summed E-state index contributed by atoms with van der Waals surface area (Å²) in [7, 11) is 0. The van der Waals surface area contributed by atoms with Crippen LogP contribution in [0.25, 0.3) is 0 Å². The van der Waals surface area contributed by atoms with Gasteiger partial charge in [0, 0.05) is 13.0 Å². The highest BCUT2D eigenvalue weighted by Gasteiger charge is 2.44. The molecule has 2 fully saturated rings. The van der Waals surface area contributed by atoms with Gasteiger partial charge in [-0.3, -0.25) is 29.0 Å². The fourth-order valence-electron chi connectivity index (χ4n) is 4.36.